The molecule has 0 radical (unpaired) electrons. The molecule has 0 bridgehead atoms. The third kappa shape index (κ3) is 4.73. The van der Waals surface area contributed by atoms with Crippen molar-refractivity contribution in [3.05, 3.63) is 24.3 Å². The quantitative estimate of drug-likeness (QED) is 0.895. The van der Waals surface area contributed by atoms with Crippen molar-refractivity contribution in [3.63, 3.8) is 0 Å². The fraction of sp³-hybridized carbons (Fsp3) is 0.462. The molecule has 1 atom stereocenters. The van der Waals surface area contributed by atoms with Crippen LogP contribution in [-0.2, 0) is 4.79 Å². The zero-order valence-electron chi connectivity index (χ0n) is 10.7. The Kier molecular flexibility index (Phi) is 4.49. The molecule has 1 aromatic rings. The Bertz CT molecular complexity index is 471. The fourth-order valence-electron chi connectivity index (χ4n) is 2.14. The van der Waals surface area contributed by atoms with Gasteiger partial charge in [0.05, 0.1) is 0 Å². The monoisotopic (exact) mass is 288 g/mol. The van der Waals surface area contributed by atoms with Crippen LogP contribution in [0.3, 0.4) is 0 Å². The standard InChI is InChI=1S/C13H15F3N2O2/c14-13(15,16)20-11-5-1-3-10(7-11)18-12(19)8-9-4-2-6-17-9/h1,3,5,7,9,17H,2,4,6,8H2,(H,18,19). The van der Waals surface area contributed by atoms with E-state index in [1.165, 1.54) is 18.2 Å². The van der Waals surface area contributed by atoms with Crippen LogP contribution in [0.1, 0.15) is 19.3 Å². The highest BCUT2D eigenvalue weighted by molar-refractivity contribution is 5.91. The number of carbonyl (C=O) groups excluding carboxylic acids is 1. The van der Waals surface area contributed by atoms with Crippen LogP contribution in [0, 0.1) is 0 Å². The molecule has 1 unspecified atom stereocenters. The molecule has 0 aromatic heterocycles. The van der Waals surface area contributed by atoms with E-state index in [1.807, 2.05) is 0 Å². The molecule has 7 heteroatoms. The van der Waals surface area contributed by atoms with Crippen LogP contribution in [0.5, 0.6) is 5.75 Å². The van der Waals surface area contributed by atoms with Crippen molar-refractivity contribution in [2.45, 2.75) is 31.7 Å². The number of hydrogen-bond donors (Lipinski definition) is 2. The van der Waals surface area contributed by atoms with Crippen molar-refractivity contribution in [2.24, 2.45) is 0 Å². The second-order valence-electron chi connectivity index (χ2n) is 4.62. The molecular formula is C13H15F3N2O2. The van der Waals surface area contributed by atoms with Crippen LogP contribution in [0.2, 0.25) is 0 Å². The van der Waals surface area contributed by atoms with Gasteiger partial charge in [0.1, 0.15) is 5.75 Å². The number of amides is 1. The second-order valence-corrected chi connectivity index (χ2v) is 4.62. The van der Waals surface area contributed by atoms with Crippen LogP contribution < -0.4 is 15.4 Å². The third-order valence-electron chi connectivity index (χ3n) is 2.95. The highest BCUT2D eigenvalue weighted by Crippen LogP contribution is 2.25. The Hall–Kier alpha value is -1.76. The summed E-state index contributed by atoms with van der Waals surface area (Å²) in [5, 5.41) is 5.75. The summed E-state index contributed by atoms with van der Waals surface area (Å²) >= 11 is 0. The van der Waals surface area contributed by atoms with E-state index in [0.717, 1.165) is 25.5 Å². The Labute approximate surface area is 114 Å². The van der Waals surface area contributed by atoms with Gasteiger partial charge in [0.2, 0.25) is 5.91 Å². The van der Waals surface area contributed by atoms with Gasteiger partial charge in [0.15, 0.2) is 0 Å². The Balaban J connectivity index is 1.91. The summed E-state index contributed by atoms with van der Waals surface area (Å²) in [5.74, 6) is -0.581. The summed E-state index contributed by atoms with van der Waals surface area (Å²) in [6.07, 6.45) is -2.46. The van der Waals surface area contributed by atoms with Crippen LogP contribution in [0.25, 0.3) is 0 Å². The minimum atomic E-state index is -4.74. The molecule has 1 fully saturated rings. The maximum Gasteiger partial charge on any atom is 0.573 e. The summed E-state index contributed by atoms with van der Waals surface area (Å²) in [7, 11) is 0. The molecule has 1 aromatic carbocycles. The smallest absolute Gasteiger partial charge is 0.406 e. The van der Waals surface area contributed by atoms with Crippen LogP contribution >= 0.6 is 0 Å². The predicted octanol–water partition coefficient (Wildman–Crippen LogP) is 2.67. The summed E-state index contributed by atoms with van der Waals surface area (Å²) < 4.78 is 40.1. The molecule has 2 N–H and O–H groups in total. The lowest BCUT2D eigenvalue weighted by molar-refractivity contribution is -0.274. The summed E-state index contributed by atoms with van der Waals surface area (Å²) in [6.45, 7) is 0.896. The molecule has 0 saturated carbocycles. The van der Waals surface area contributed by atoms with Gasteiger partial charge < -0.3 is 15.4 Å². The van der Waals surface area contributed by atoms with E-state index in [1.54, 1.807) is 0 Å². The van der Waals surface area contributed by atoms with Crippen LogP contribution in [-0.4, -0.2) is 24.9 Å². The molecule has 110 valence electrons. The number of nitrogens with one attached hydrogen (secondary N) is 2. The molecule has 1 amide bonds. The highest BCUT2D eigenvalue weighted by Gasteiger charge is 2.31. The minimum absolute atomic E-state index is 0.143. The molecular weight excluding hydrogens is 273 g/mol. The number of alkyl halides is 3. The average molecular weight is 288 g/mol. The van der Waals surface area contributed by atoms with Crippen molar-refractivity contribution in [1.29, 1.82) is 0 Å². The number of anilines is 1. The first kappa shape index (κ1) is 14.6. The highest BCUT2D eigenvalue weighted by atomic mass is 19.4. The maximum atomic E-state index is 12.1. The largest absolute Gasteiger partial charge is 0.573 e. The van der Waals surface area contributed by atoms with E-state index >= 15 is 0 Å². The summed E-state index contributed by atoms with van der Waals surface area (Å²) in [6, 6.07) is 5.38. The summed E-state index contributed by atoms with van der Waals surface area (Å²) in [5.41, 5.74) is 0.287. The molecule has 0 aliphatic carbocycles. The van der Waals surface area contributed by atoms with Gasteiger partial charge in [-0.2, -0.15) is 0 Å². The number of carbonyl (C=O) groups is 1. The first-order chi connectivity index (χ1) is 9.42. The molecule has 1 saturated heterocycles. The van der Waals surface area contributed by atoms with E-state index in [9.17, 15) is 18.0 Å². The summed E-state index contributed by atoms with van der Waals surface area (Å²) in [4.78, 5) is 11.8. The molecule has 20 heavy (non-hydrogen) atoms. The van der Waals surface area contributed by atoms with Gasteiger partial charge in [0, 0.05) is 24.2 Å². The Morgan fingerprint density at radius 2 is 2.25 bits per heavy atom. The van der Waals surface area contributed by atoms with Crippen molar-refractivity contribution in [3.8, 4) is 5.75 Å². The Morgan fingerprint density at radius 3 is 2.90 bits per heavy atom. The molecule has 2 rings (SSSR count). The zero-order chi connectivity index (χ0) is 14.6. The van der Waals surface area contributed by atoms with Gasteiger partial charge in [0.25, 0.3) is 0 Å². The van der Waals surface area contributed by atoms with Gasteiger partial charge in [-0.05, 0) is 31.5 Å². The molecule has 4 nitrogen and oxygen atoms in total. The third-order valence-corrected chi connectivity index (χ3v) is 2.95. The maximum absolute atomic E-state index is 12.1. The zero-order valence-corrected chi connectivity index (χ0v) is 10.7. The fourth-order valence-corrected chi connectivity index (χ4v) is 2.14. The number of ether oxygens (including phenoxy) is 1. The normalized spacial score (nSPS) is 18.9. The lowest BCUT2D eigenvalue weighted by atomic mass is 10.1. The first-order valence-corrected chi connectivity index (χ1v) is 6.31. The van der Waals surface area contributed by atoms with E-state index in [-0.39, 0.29) is 23.4 Å². The molecule has 1 aliphatic rings. The van der Waals surface area contributed by atoms with E-state index in [2.05, 4.69) is 15.4 Å². The SMILES string of the molecule is O=C(CC1CCCN1)Nc1cccc(OC(F)(F)F)c1. The number of benzene rings is 1. The topological polar surface area (TPSA) is 50.4 Å². The van der Waals surface area contributed by atoms with Crippen molar-refractivity contribution >= 4 is 11.6 Å². The van der Waals surface area contributed by atoms with Crippen molar-refractivity contribution in [1.82, 2.24) is 5.32 Å². The van der Waals surface area contributed by atoms with Crippen molar-refractivity contribution < 1.29 is 22.7 Å². The Morgan fingerprint density at radius 1 is 1.45 bits per heavy atom. The van der Waals surface area contributed by atoms with E-state index in [0.29, 0.717) is 6.42 Å². The average Bonchev–Trinajstić information content (AvgIpc) is 2.79. The molecule has 0 spiro atoms. The van der Waals surface area contributed by atoms with Crippen molar-refractivity contribution in [2.75, 3.05) is 11.9 Å². The lowest BCUT2D eigenvalue weighted by Crippen LogP contribution is -2.27. The minimum Gasteiger partial charge on any atom is -0.406 e. The van der Waals surface area contributed by atoms with Crippen LogP contribution in [0.4, 0.5) is 18.9 Å². The molecule has 1 heterocycles. The number of halogens is 3. The lowest BCUT2D eigenvalue weighted by Gasteiger charge is -2.12. The number of rotatable bonds is 4. The second kappa shape index (κ2) is 6.13. The van der Waals surface area contributed by atoms with Gasteiger partial charge in [-0.3, -0.25) is 4.79 Å². The molecule has 1 aliphatic heterocycles. The van der Waals surface area contributed by atoms with E-state index < -0.39 is 6.36 Å². The van der Waals surface area contributed by atoms with Gasteiger partial charge in [-0.1, -0.05) is 6.07 Å². The van der Waals surface area contributed by atoms with Gasteiger partial charge in [-0.15, -0.1) is 13.2 Å². The predicted molar refractivity (Wildman–Crippen MR) is 67.4 cm³/mol. The van der Waals surface area contributed by atoms with Gasteiger partial charge in [-0.25, -0.2) is 0 Å². The van der Waals surface area contributed by atoms with Gasteiger partial charge >= 0.3 is 6.36 Å². The van der Waals surface area contributed by atoms with E-state index in [4.69, 9.17) is 0 Å². The number of hydrogen-bond acceptors (Lipinski definition) is 3. The van der Waals surface area contributed by atoms with Crippen LogP contribution in [0.15, 0.2) is 24.3 Å². The first-order valence-electron chi connectivity index (χ1n) is 6.31.